The maximum Gasteiger partial charge on any atom is 0.00645 e. The number of rotatable bonds is 9. The number of hydrogen-bond donors (Lipinski definition) is 1. The molecule has 2 nitrogen and oxygen atoms in total. The topological polar surface area (TPSA) is 15.3 Å². The van der Waals surface area contributed by atoms with Gasteiger partial charge in [-0.3, -0.25) is 0 Å². The lowest BCUT2D eigenvalue weighted by atomic mass is 9.73. The van der Waals surface area contributed by atoms with E-state index in [0.29, 0.717) is 5.41 Å². The van der Waals surface area contributed by atoms with E-state index in [2.05, 4.69) is 38.0 Å². The van der Waals surface area contributed by atoms with E-state index in [4.69, 9.17) is 0 Å². The molecule has 1 aliphatic rings. The third-order valence-corrected chi connectivity index (χ3v) is 5.02. The Morgan fingerprint density at radius 3 is 2.37 bits per heavy atom. The summed E-state index contributed by atoms with van der Waals surface area (Å²) in [6.07, 6.45) is 11.1. The lowest BCUT2D eigenvalue weighted by Crippen LogP contribution is -2.47. The largest absolute Gasteiger partial charge is 0.319 e. The molecule has 19 heavy (non-hydrogen) atoms. The second-order valence-corrected chi connectivity index (χ2v) is 6.67. The van der Waals surface area contributed by atoms with Gasteiger partial charge in [0.15, 0.2) is 0 Å². The van der Waals surface area contributed by atoms with E-state index in [1.165, 1.54) is 71.0 Å². The van der Waals surface area contributed by atoms with Crippen molar-refractivity contribution in [3.63, 3.8) is 0 Å². The van der Waals surface area contributed by atoms with Crippen LogP contribution in [-0.2, 0) is 0 Å². The predicted octanol–water partition coefficient (Wildman–Crippen LogP) is 4.06. The molecule has 0 heterocycles. The zero-order chi connectivity index (χ0) is 14.1. The Labute approximate surface area is 121 Å². The summed E-state index contributed by atoms with van der Waals surface area (Å²) < 4.78 is 0. The van der Waals surface area contributed by atoms with Crippen molar-refractivity contribution in [2.45, 2.75) is 78.2 Å². The Balaban J connectivity index is 2.65. The van der Waals surface area contributed by atoms with Gasteiger partial charge in [-0.1, -0.05) is 39.5 Å². The zero-order valence-corrected chi connectivity index (χ0v) is 13.8. The van der Waals surface area contributed by atoms with E-state index < -0.39 is 0 Å². The van der Waals surface area contributed by atoms with E-state index in [1.807, 2.05) is 0 Å². The van der Waals surface area contributed by atoms with Gasteiger partial charge in [0.2, 0.25) is 0 Å². The van der Waals surface area contributed by atoms with Crippen molar-refractivity contribution < 1.29 is 0 Å². The van der Waals surface area contributed by atoms with Crippen LogP contribution in [0.25, 0.3) is 0 Å². The maximum atomic E-state index is 3.47. The van der Waals surface area contributed by atoms with Crippen molar-refractivity contribution in [3.8, 4) is 0 Å². The van der Waals surface area contributed by atoms with Gasteiger partial charge in [0.25, 0.3) is 0 Å². The molecule has 1 N–H and O–H groups in total. The Kier molecular flexibility index (Phi) is 8.01. The van der Waals surface area contributed by atoms with Gasteiger partial charge < -0.3 is 10.2 Å². The van der Waals surface area contributed by atoms with E-state index in [9.17, 15) is 0 Å². The van der Waals surface area contributed by atoms with E-state index in [1.54, 1.807) is 0 Å². The fraction of sp³-hybridized carbons (Fsp3) is 1.00. The van der Waals surface area contributed by atoms with Gasteiger partial charge in [-0.15, -0.1) is 0 Å². The van der Waals surface area contributed by atoms with Crippen LogP contribution in [0.15, 0.2) is 0 Å². The molecular weight excluding hydrogens is 232 g/mol. The highest BCUT2D eigenvalue weighted by Gasteiger charge is 2.34. The SMILES string of the molecule is CCCCN(CC1(CNC)CCCCC1)C(C)CC. The molecule has 0 aromatic heterocycles. The molecule has 0 amide bonds. The van der Waals surface area contributed by atoms with Crippen LogP contribution in [-0.4, -0.2) is 37.6 Å². The van der Waals surface area contributed by atoms with Crippen LogP contribution in [0, 0.1) is 5.41 Å². The van der Waals surface area contributed by atoms with Crippen molar-refractivity contribution in [1.29, 1.82) is 0 Å². The minimum atomic E-state index is 0.546. The molecule has 0 spiro atoms. The van der Waals surface area contributed by atoms with Gasteiger partial charge >= 0.3 is 0 Å². The third-order valence-electron chi connectivity index (χ3n) is 5.02. The highest BCUT2D eigenvalue weighted by atomic mass is 15.2. The number of hydrogen-bond acceptors (Lipinski definition) is 2. The summed E-state index contributed by atoms with van der Waals surface area (Å²) in [7, 11) is 2.12. The van der Waals surface area contributed by atoms with Gasteiger partial charge in [0, 0.05) is 19.1 Å². The molecule has 0 aromatic carbocycles. The van der Waals surface area contributed by atoms with Gasteiger partial charge in [-0.05, 0) is 51.6 Å². The highest BCUT2D eigenvalue weighted by molar-refractivity contribution is 4.88. The Bertz CT molecular complexity index is 216. The minimum absolute atomic E-state index is 0.546. The number of nitrogens with one attached hydrogen (secondary N) is 1. The monoisotopic (exact) mass is 268 g/mol. The first-order chi connectivity index (χ1) is 9.17. The minimum Gasteiger partial charge on any atom is -0.319 e. The van der Waals surface area contributed by atoms with Crippen molar-refractivity contribution >= 4 is 0 Å². The van der Waals surface area contributed by atoms with Crippen molar-refractivity contribution in [3.05, 3.63) is 0 Å². The molecule has 1 atom stereocenters. The van der Waals surface area contributed by atoms with Crippen molar-refractivity contribution in [1.82, 2.24) is 10.2 Å². The number of unbranched alkanes of at least 4 members (excludes halogenated alkanes) is 1. The fourth-order valence-corrected chi connectivity index (χ4v) is 3.57. The van der Waals surface area contributed by atoms with E-state index >= 15 is 0 Å². The summed E-state index contributed by atoms with van der Waals surface area (Å²) in [5.41, 5.74) is 0.546. The summed E-state index contributed by atoms with van der Waals surface area (Å²) in [6.45, 7) is 10.8. The van der Waals surface area contributed by atoms with Crippen molar-refractivity contribution in [2.75, 3.05) is 26.7 Å². The quantitative estimate of drug-likeness (QED) is 0.678. The molecule has 1 saturated carbocycles. The number of nitrogens with zero attached hydrogens (tertiary/aromatic N) is 1. The Morgan fingerprint density at radius 1 is 1.16 bits per heavy atom. The molecule has 1 unspecified atom stereocenters. The van der Waals surface area contributed by atoms with Gasteiger partial charge in [0.05, 0.1) is 0 Å². The molecule has 0 bridgehead atoms. The lowest BCUT2D eigenvalue weighted by molar-refractivity contribution is 0.0779. The first-order valence-corrected chi connectivity index (χ1v) is 8.56. The molecule has 1 aliphatic carbocycles. The van der Waals surface area contributed by atoms with Crippen LogP contribution in [0.1, 0.15) is 72.1 Å². The standard InChI is InChI=1S/C17H36N2/c1-5-7-13-19(16(3)6-2)15-17(14-18-4)11-9-8-10-12-17/h16,18H,5-15H2,1-4H3. The average molecular weight is 268 g/mol. The summed E-state index contributed by atoms with van der Waals surface area (Å²) in [6, 6.07) is 0.738. The van der Waals surface area contributed by atoms with Crippen LogP contribution in [0.3, 0.4) is 0 Å². The second-order valence-electron chi connectivity index (χ2n) is 6.67. The van der Waals surface area contributed by atoms with Gasteiger partial charge in [0.1, 0.15) is 0 Å². The van der Waals surface area contributed by atoms with Crippen LogP contribution < -0.4 is 5.32 Å². The lowest BCUT2D eigenvalue weighted by Gasteiger charge is -2.43. The summed E-state index contributed by atoms with van der Waals surface area (Å²) in [5.74, 6) is 0. The molecule has 2 heteroatoms. The normalized spacial score (nSPS) is 20.7. The summed E-state index contributed by atoms with van der Waals surface area (Å²) in [4.78, 5) is 2.77. The van der Waals surface area contributed by atoms with Crippen LogP contribution in [0.4, 0.5) is 0 Å². The fourth-order valence-electron chi connectivity index (χ4n) is 3.57. The summed E-state index contributed by atoms with van der Waals surface area (Å²) in [5, 5.41) is 3.47. The molecule has 1 fully saturated rings. The van der Waals surface area contributed by atoms with Gasteiger partial charge in [-0.25, -0.2) is 0 Å². The molecule has 0 aromatic rings. The predicted molar refractivity (Wildman–Crippen MR) is 85.7 cm³/mol. The van der Waals surface area contributed by atoms with E-state index in [0.717, 1.165) is 6.04 Å². The Hall–Kier alpha value is -0.0800. The molecule has 0 aliphatic heterocycles. The Morgan fingerprint density at radius 2 is 1.84 bits per heavy atom. The van der Waals surface area contributed by atoms with Gasteiger partial charge in [-0.2, -0.15) is 0 Å². The molecule has 0 radical (unpaired) electrons. The first-order valence-electron chi connectivity index (χ1n) is 8.56. The molecule has 0 saturated heterocycles. The smallest absolute Gasteiger partial charge is 0.00645 e. The van der Waals surface area contributed by atoms with Crippen molar-refractivity contribution in [2.24, 2.45) is 5.41 Å². The second kappa shape index (κ2) is 8.97. The summed E-state index contributed by atoms with van der Waals surface area (Å²) >= 11 is 0. The zero-order valence-electron chi connectivity index (χ0n) is 13.8. The highest BCUT2D eigenvalue weighted by Crippen LogP contribution is 2.37. The molecule has 1 rings (SSSR count). The third kappa shape index (κ3) is 5.43. The molecule has 114 valence electrons. The average Bonchev–Trinajstić information content (AvgIpc) is 2.44. The van der Waals surface area contributed by atoms with Crippen LogP contribution in [0.5, 0.6) is 0 Å². The van der Waals surface area contributed by atoms with Crippen LogP contribution in [0.2, 0.25) is 0 Å². The van der Waals surface area contributed by atoms with E-state index in [-0.39, 0.29) is 0 Å². The first kappa shape index (κ1) is 17.0. The maximum absolute atomic E-state index is 3.47. The molecular formula is C17H36N2. The van der Waals surface area contributed by atoms with Crippen LogP contribution >= 0.6 is 0 Å².